The van der Waals surface area contributed by atoms with Crippen molar-refractivity contribution >= 4 is 0 Å². The molecule has 1 fully saturated rings. The molecule has 0 aliphatic heterocycles. The van der Waals surface area contributed by atoms with Crippen molar-refractivity contribution in [1.82, 2.24) is 0 Å². The third kappa shape index (κ3) is 2.23. The van der Waals surface area contributed by atoms with E-state index < -0.39 is 0 Å². The molecule has 0 radical (unpaired) electrons. The van der Waals surface area contributed by atoms with E-state index in [0.29, 0.717) is 0 Å². The molecular weight excluding hydrogens is 184 g/mol. The normalized spacial score (nSPS) is 22.3. The second-order valence-electron chi connectivity index (χ2n) is 5.03. The number of aliphatic hydroxyl groups is 1. The highest BCUT2D eigenvalue weighted by Crippen LogP contribution is 2.45. The van der Waals surface area contributed by atoms with Crippen LogP contribution in [0, 0.1) is 5.41 Å². The summed E-state index contributed by atoms with van der Waals surface area (Å²) >= 11 is 0. The summed E-state index contributed by atoms with van der Waals surface area (Å²) < 4.78 is 0. The van der Waals surface area contributed by atoms with E-state index in [9.17, 15) is 5.11 Å². The first-order valence-corrected chi connectivity index (χ1v) is 5.95. The van der Waals surface area contributed by atoms with Crippen LogP contribution in [0.25, 0.3) is 0 Å². The quantitative estimate of drug-likeness (QED) is 0.779. The molecule has 0 saturated heterocycles. The number of hydrogen-bond donors (Lipinski definition) is 1. The van der Waals surface area contributed by atoms with Crippen molar-refractivity contribution in [3.63, 3.8) is 0 Å². The lowest BCUT2D eigenvalue weighted by Crippen LogP contribution is -2.28. The van der Waals surface area contributed by atoms with Crippen LogP contribution < -0.4 is 0 Å². The first-order chi connectivity index (χ1) is 7.22. The minimum atomic E-state index is -0.293. The molecule has 1 aromatic rings. The molecule has 1 unspecified atom stereocenters. The molecule has 1 saturated carbocycles. The molecule has 1 atom stereocenters. The van der Waals surface area contributed by atoms with E-state index in [4.69, 9.17) is 0 Å². The first kappa shape index (κ1) is 10.7. The second-order valence-corrected chi connectivity index (χ2v) is 5.03. The Hall–Kier alpha value is -0.820. The van der Waals surface area contributed by atoms with Crippen molar-refractivity contribution in [1.29, 1.82) is 0 Å². The summed E-state index contributed by atoms with van der Waals surface area (Å²) in [5.41, 5.74) is 1.17. The number of aliphatic hydroxyl groups excluding tert-OH is 1. The van der Waals surface area contributed by atoms with Gasteiger partial charge in [0, 0.05) is 0 Å². The van der Waals surface area contributed by atoms with Gasteiger partial charge in [-0.2, -0.15) is 0 Å². The average molecular weight is 204 g/mol. The highest BCUT2D eigenvalue weighted by Gasteiger charge is 2.34. The van der Waals surface area contributed by atoms with Gasteiger partial charge in [-0.3, -0.25) is 0 Å². The molecule has 1 aliphatic carbocycles. The lowest BCUT2D eigenvalue weighted by Gasteiger charge is -2.38. The van der Waals surface area contributed by atoms with Crippen LogP contribution in [0.3, 0.4) is 0 Å². The van der Waals surface area contributed by atoms with Crippen molar-refractivity contribution in [3.05, 3.63) is 35.9 Å². The molecule has 15 heavy (non-hydrogen) atoms. The number of benzene rings is 1. The van der Waals surface area contributed by atoms with E-state index >= 15 is 0 Å². The Morgan fingerprint density at radius 1 is 1.07 bits per heavy atom. The lowest BCUT2D eigenvalue weighted by atomic mass is 9.70. The molecule has 1 heteroatoms. The van der Waals surface area contributed by atoms with Crippen LogP contribution in [-0.2, 0) is 0 Å². The fourth-order valence-corrected chi connectivity index (χ4v) is 2.67. The predicted octanol–water partition coefficient (Wildman–Crippen LogP) is 3.69. The van der Waals surface area contributed by atoms with Crippen LogP contribution >= 0.6 is 0 Å². The standard InChI is InChI=1S/C14H20O/c1-14(10-6-3-7-11-14)13(15)12-8-4-2-5-9-12/h2,4-5,8-9,13,15H,3,6-7,10-11H2,1H3. The zero-order chi connectivity index (χ0) is 10.7. The maximum absolute atomic E-state index is 10.4. The summed E-state index contributed by atoms with van der Waals surface area (Å²) in [5, 5.41) is 10.4. The lowest BCUT2D eigenvalue weighted by molar-refractivity contribution is 0.00819. The van der Waals surface area contributed by atoms with Gasteiger partial charge in [-0.05, 0) is 23.8 Å². The van der Waals surface area contributed by atoms with E-state index in [1.54, 1.807) is 0 Å². The van der Waals surface area contributed by atoms with Crippen molar-refractivity contribution < 1.29 is 5.11 Å². The van der Waals surface area contributed by atoms with Gasteiger partial charge in [-0.15, -0.1) is 0 Å². The van der Waals surface area contributed by atoms with Crippen molar-refractivity contribution in [2.24, 2.45) is 5.41 Å². The van der Waals surface area contributed by atoms with Crippen LogP contribution in [0.15, 0.2) is 30.3 Å². The number of rotatable bonds is 2. The molecule has 0 bridgehead atoms. The van der Waals surface area contributed by atoms with Gasteiger partial charge in [-0.25, -0.2) is 0 Å². The minimum absolute atomic E-state index is 0.0968. The Morgan fingerprint density at radius 2 is 1.67 bits per heavy atom. The van der Waals surface area contributed by atoms with E-state index in [2.05, 4.69) is 6.92 Å². The molecule has 2 rings (SSSR count). The fourth-order valence-electron chi connectivity index (χ4n) is 2.67. The SMILES string of the molecule is CC1(C(O)c2ccccc2)CCCCC1. The summed E-state index contributed by atoms with van der Waals surface area (Å²) in [6.07, 6.45) is 5.88. The molecule has 1 aliphatic rings. The Morgan fingerprint density at radius 3 is 2.27 bits per heavy atom. The van der Waals surface area contributed by atoms with Crippen molar-refractivity contribution in [2.45, 2.75) is 45.1 Å². The van der Waals surface area contributed by atoms with Gasteiger partial charge >= 0.3 is 0 Å². The second kappa shape index (κ2) is 4.36. The van der Waals surface area contributed by atoms with Crippen molar-refractivity contribution in [2.75, 3.05) is 0 Å². The minimum Gasteiger partial charge on any atom is -0.388 e. The van der Waals surface area contributed by atoms with Gasteiger partial charge in [0.1, 0.15) is 0 Å². The maximum Gasteiger partial charge on any atom is 0.0843 e. The zero-order valence-electron chi connectivity index (χ0n) is 9.45. The largest absolute Gasteiger partial charge is 0.388 e. The Labute approximate surface area is 92.1 Å². The molecule has 0 spiro atoms. The Bertz CT molecular complexity index is 298. The van der Waals surface area contributed by atoms with Gasteiger partial charge in [0.2, 0.25) is 0 Å². The molecule has 0 amide bonds. The molecule has 82 valence electrons. The van der Waals surface area contributed by atoms with E-state index in [1.165, 1.54) is 19.3 Å². The van der Waals surface area contributed by atoms with Crippen LogP contribution in [0.4, 0.5) is 0 Å². The first-order valence-electron chi connectivity index (χ1n) is 5.95. The van der Waals surface area contributed by atoms with Gasteiger partial charge in [0.05, 0.1) is 6.10 Å². The summed E-state index contributed by atoms with van der Waals surface area (Å²) in [6.45, 7) is 2.23. The van der Waals surface area contributed by atoms with Gasteiger partial charge in [0.15, 0.2) is 0 Å². The summed E-state index contributed by atoms with van der Waals surface area (Å²) in [5.74, 6) is 0. The van der Waals surface area contributed by atoms with Crippen LogP contribution in [0.2, 0.25) is 0 Å². The summed E-state index contributed by atoms with van der Waals surface area (Å²) in [6, 6.07) is 10.1. The molecule has 0 aromatic heterocycles. The Balaban J connectivity index is 2.16. The van der Waals surface area contributed by atoms with Crippen molar-refractivity contribution in [3.8, 4) is 0 Å². The molecule has 1 N–H and O–H groups in total. The molecule has 0 heterocycles. The molecule has 1 aromatic carbocycles. The van der Waals surface area contributed by atoms with Crippen LogP contribution in [0.1, 0.15) is 50.7 Å². The highest BCUT2D eigenvalue weighted by atomic mass is 16.3. The molecular formula is C14H20O. The van der Waals surface area contributed by atoms with E-state index in [1.807, 2.05) is 30.3 Å². The number of hydrogen-bond acceptors (Lipinski definition) is 1. The summed E-state index contributed by atoms with van der Waals surface area (Å²) in [7, 11) is 0. The van der Waals surface area contributed by atoms with Gasteiger partial charge < -0.3 is 5.11 Å². The van der Waals surface area contributed by atoms with Gasteiger partial charge in [-0.1, -0.05) is 56.5 Å². The maximum atomic E-state index is 10.4. The average Bonchev–Trinajstić information content (AvgIpc) is 2.30. The van der Waals surface area contributed by atoms with Crippen LogP contribution in [-0.4, -0.2) is 5.11 Å². The van der Waals surface area contributed by atoms with Gasteiger partial charge in [0.25, 0.3) is 0 Å². The smallest absolute Gasteiger partial charge is 0.0843 e. The molecule has 1 nitrogen and oxygen atoms in total. The third-order valence-corrected chi connectivity index (χ3v) is 3.77. The van der Waals surface area contributed by atoms with E-state index in [0.717, 1.165) is 18.4 Å². The van der Waals surface area contributed by atoms with Crippen LogP contribution in [0.5, 0.6) is 0 Å². The zero-order valence-corrected chi connectivity index (χ0v) is 9.45. The Kier molecular flexibility index (Phi) is 3.11. The summed E-state index contributed by atoms with van der Waals surface area (Å²) in [4.78, 5) is 0. The fraction of sp³-hybridized carbons (Fsp3) is 0.571. The monoisotopic (exact) mass is 204 g/mol. The highest BCUT2D eigenvalue weighted by molar-refractivity contribution is 5.19. The predicted molar refractivity (Wildman–Crippen MR) is 62.6 cm³/mol. The topological polar surface area (TPSA) is 20.2 Å². The third-order valence-electron chi connectivity index (χ3n) is 3.77. The van der Waals surface area contributed by atoms with E-state index in [-0.39, 0.29) is 11.5 Å².